The SMILES string of the molecule is CC(C#N)CCCN1CCN(C)CC1. The molecular formula is C11H21N3. The van der Waals surface area contributed by atoms with Crippen molar-refractivity contribution in [1.29, 1.82) is 5.26 Å². The molecule has 3 heteroatoms. The van der Waals surface area contributed by atoms with Crippen molar-refractivity contribution in [1.82, 2.24) is 9.80 Å². The third-order valence-corrected chi connectivity index (χ3v) is 2.93. The standard InChI is InChI=1S/C11H21N3/c1-11(10-12)4-3-5-14-8-6-13(2)7-9-14/h11H,3-9H2,1-2H3. The molecule has 0 radical (unpaired) electrons. The third-order valence-electron chi connectivity index (χ3n) is 2.93. The zero-order chi connectivity index (χ0) is 10.4. The second-order valence-corrected chi connectivity index (χ2v) is 4.32. The van der Waals surface area contributed by atoms with Gasteiger partial charge in [-0.2, -0.15) is 5.26 Å². The fourth-order valence-corrected chi connectivity index (χ4v) is 1.76. The van der Waals surface area contributed by atoms with E-state index in [2.05, 4.69) is 22.9 Å². The van der Waals surface area contributed by atoms with E-state index in [9.17, 15) is 0 Å². The maximum absolute atomic E-state index is 8.64. The van der Waals surface area contributed by atoms with Gasteiger partial charge >= 0.3 is 0 Å². The minimum Gasteiger partial charge on any atom is -0.304 e. The zero-order valence-corrected chi connectivity index (χ0v) is 9.37. The Balaban J connectivity index is 2.05. The van der Waals surface area contributed by atoms with Crippen LogP contribution in [0.25, 0.3) is 0 Å². The van der Waals surface area contributed by atoms with Crippen molar-refractivity contribution in [2.45, 2.75) is 19.8 Å². The fraction of sp³-hybridized carbons (Fsp3) is 0.909. The number of hydrogen-bond donors (Lipinski definition) is 0. The largest absolute Gasteiger partial charge is 0.304 e. The highest BCUT2D eigenvalue weighted by Gasteiger charge is 2.13. The quantitative estimate of drug-likeness (QED) is 0.674. The number of likely N-dealkylation sites (N-methyl/N-ethyl adjacent to an activating group) is 1. The van der Waals surface area contributed by atoms with Crippen molar-refractivity contribution in [3.05, 3.63) is 0 Å². The van der Waals surface area contributed by atoms with E-state index in [0.717, 1.165) is 6.42 Å². The van der Waals surface area contributed by atoms with Crippen LogP contribution in [0, 0.1) is 17.2 Å². The molecule has 0 aliphatic carbocycles. The molecule has 0 N–H and O–H groups in total. The lowest BCUT2D eigenvalue weighted by atomic mass is 10.1. The van der Waals surface area contributed by atoms with Crippen LogP contribution in [0.5, 0.6) is 0 Å². The van der Waals surface area contributed by atoms with Gasteiger partial charge in [0.1, 0.15) is 0 Å². The van der Waals surface area contributed by atoms with Crippen LogP contribution in [0.3, 0.4) is 0 Å². The molecule has 0 aromatic rings. The van der Waals surface area contributed by atoms with Gasteiger partial charge in [0.2, 0.25) is 0 Å². The number of piperazine rings is 1. The summed E-state index contributed by atoms with van der Waals surface area (Å²) in [5.74, 6) is 0.225. The molecule has 1 unspecified atom stereocenters. The molecule has 0 aromatic heterocycles. The molecule has 1 rings (SSSR count). The third kappa shape index (κ3) is 4.08. The number of nitrogens with zero attached hydrogens (tertiary/aromatic N) is 3. The second-order valence-electron chi connectivity index (χ2n) is 4.32. The Bertz CT molecular complexity index is 189. The second kappa shape index (κ2) is 6.00. The predicted molar refractivity (Wildman–Crippen MR) is 57.9 cm³/mol. The van der Waals surface area contributed by atoms with Gasteiger partial charge < -0.3 is 9.80 Å². The van der Waals surface area contributed by atoms with Crippen LogP contribution in [0.1, 0.15) is 19.8 Å². The van der Waals surface area contributed by atoms with Crippen LogP contribution in [0.2, 0.25) is 0 Å². The predicted octanol–water partition coefficient (Wildman–Crippen LogP) is 1.17. The fourth-order valence-electron chi connectivity index (χ4n) is 1.76. The molecule has 0 spiro atoms. The van der Waals surface area contributed by atoms with Crippen molar-refractivity contribution in [2.75, 3.05) is 39.8 Å². The van der Waals surface area contributed by atoms with Gasteiger partial charge in [0, 0.05) is 32.1 Å². The minimum atomic E-state index is 0.225. The lowest BCUT2D eigenvalue weighted by Gasteiger charge is -2.32. The summed E-state index contributed by atoms with van der Waals surface area (Å²) in [6, 6.07) is 2.28. The number of hydrogen-bond acceptors (Lipinski definition) is 3. The molecule has 1 aliphatic heterocycles. The average molecular weight is 195 g/mol. The van der Waals surface area contributed by atoms with E-state index in [1.54, 1.807) is 0 Å². The van der Waals surface area contributed by atoms with Gasteiger partial charge in [-0.05, 0) is 33.4 Å². The normalized spacial score (nSPS) is 21.8. The Morgan fingerprint density at radius 1 is 1.29 bits per heavy atom. The first-order valence-electron chi connectivity index (χ1n) is 5.53. The van der Waals surface area contributed by atoms with Gasteiger partial charge in [-0.15, -0.1) is 0 Å². The van der Waals surface area contributed by atoms with Crippen LogP contribution in [-0.2, 0) is 0 Å². The summed E-state index contributed by atoms with van der Waals surface area (Å²) in [5.41, 5.74) is 0. The van der Waals surface area contributed by atoms with E-state index in [1.165, 1.54) is 39.1 Å². The maximum atomic E-state index is 8.64. The first-order valence-corrected chi connectivity index (χ1v) is 5.53. The van der Waals surface area contributed by atoms with Crippen molar-refractivity contribution >= 4 is 0 Å². The van der Waals surface area contributed by atoms with Crippen LogP contribution < -0.4 is 0 Å². The van der Waals surface area contributed by atoms with Gasteiger partial charge in [0.15, 0.2) is 0 Å². The summed E-state index contributed by atoms with van der Waals surface area (Å²) in [6.07, 6.45) is 2.21. The topological polar surface area (TPSA) is 30.3 Å². The van der Waals surface area contributed by atoms with Crippen LogP contribution in [0.4, 0.5) is 0 Å². The van der Waals surface area contributed by atoms with E-state index >= 15 is 0 Å². The zero-order valence-electron chi connectivity index (χ0n) is 9.37. The first kappa shape index (κ1) is 11.5. The van der Waals surface area contributed by atoms with Gasteiger partial charge in [-0.25, -0.2) is 0 Å². The summed E-state index contributed by atoms with van der Waals surface area (Å²) < 4.78 is 0. The molecule has 3 nitrogen and oxygen atoms in total. The smallest absolute Gasteiger partial charge is 0.0652 e. The summed E-state index contributed by atoms with van der Waals surface area (Å²) in [6.45, 7) is 7.93. The molecule has 0 amide bonds. The van der Waals surface area contributed by atoms with Gasteiger partial charge in [0.25, 0.3) is 0 Å². The van der Waals surface area contributed by atoms with E-state index in [-0.39, 0.29) is 5.92 Å². The molecular weight excluding hydrogens is 174 g/mol. The Morgan fingerprint density at radius 2 is 1.93 bits per heavy atom. The van der Waals surface area contributed by atoms with E-state index in [4.69, 9.17) is 5.26 Å². The Hall–Kier alpha value is -0.590. The molecule has 1 saturated heterocycles. The number of nitriles is 1. The molecule has 0 bridgehead atoms. The van der Waals surface area contributed by atoms with Crippen molar-refractivity contribution in [2.24, 2.45) is 5.92 Å². The molecule has 1 aliphatic rings. The van der Waals surface area contributed by atoms with E-state index in [1.807, 2.05) is 6.92 Å². The maximum Gasteiger partial charge on any atom is 0.0652 e. The lowest BCUT2D eigenvalue weighted by Crippen LogP contribution is -2.44. The molecule has 1 heterocycles. The van der Waals surface area contributed by atoms with Crippen molar-refractivity contribution < 1.29 is 0 Å². The molecule has 0 saturated carbocycles. The monoisotopic (exact) mass is 195 g/mol. The number of rotatable bonds is 4. The minimum absolute atomic E-state index is 0.225. The van der Waals surface area contributed by atoms with Gasteiger partial charge in [-0.1, -0.05) is 0 Å². The Morgan fingerprint density at radius 3 is 2.50 bits per heavy atom. The summed E-state index contributed by atoms with van der Waals surface area (Å²) in [7, 11) is 2.18. The summed E-state index contributed by atoms with van der Waals surface area (Å²) >= 11 is 0. The van der Waals surface area contributed by atoms with Gasteiger partial charge in [0.05, 0.1) is 6.07 Å². The highest BCUT2D eigenvalue weighted by Crippen LogP contribution is 2.06. The Kier molecular flexibility index (Phi) is 4.92. The van der Waals surface area contributed by atoms with Crippen molar-refractivity contribution in [3.8, 4) is 6.07 Å². The van der Waals surface area contributed by atoms with E-state index < -0.39 is 0 Å². The molecule has 80 valence electrons. The highest BCUT2D eigenvalue weighted by molar-refractivity contribution is 4.78. The summed E-state index contributed by atoms with van der Waals surface area (Å²) in [4.78, 5) is 4.87. The molecule has 0 aromatic carbocycles. The Labute approximate surface area is 87.3 Å². The summed E-state index contributed by atoms with van der Waals surface area (Å²) in [5, 5.41) is 8.64. The molecule has 1 fully saturated rings. The average Bonchev–Trinajstić information content (AvgIpc) is 2.21. The van der Waals surface area contributed by atoms with Crippen LogP contribution in [-0.4, -0.2) is 49.6 Å². The highest BCUT2D eigenvalue weighted by atomic mass is 15.2. The van der Waals surface area contributed by atoms with Gasteiger partial charge in [-0.3, -0.25) is 0 Å². The van der Waals surface area contributed by atoms with Crippen molar-refractivity contribution in [3.63, 3.8) is 0 Å². The van der Waals surface area contributed by atoms with E-state index in [0.29, 0.717) is 0 Å². The molecule has 14 heavy (non-hydrogen) atoms. The first-order chi connectivity index (χ1) is 6.72. The molecule has 1 atom stereocenters. The van der Waals surface area contributed by atoms with Crippen LogP contribution >= 0.6 is 0 Å². The lowest BCUT2D eigenvalue weighted by molar-refractivity contribution is 0.151. The van der Waals surface area contributed by atoms with Crippen LogP contribution in [0.15, 0.2) is 0 Å².